The van der Waals surface area contributed by atoms with E-state index in [1.165, 1.54) is 0 Å². The van der Waals surface area contributed by atoms with Crippen LogP contribution in [-0.2, 0) is 12.1 Å². The Hall–Kier alpha value is -2.34. The Labute approximate surface area is 149 Å². The second-order valence-corrected chi connectivity index (χ2v) is 7.25. The number of urea groups is 1. The Kier molecular flexibility index (Phi) is 6.20. The van der Waals surface area contributed by atoms with Crippen LogP contribution in [0.4, 0.5) is 10.5 Å². The van der Waals surface area contributed by atoms with Gasteiger partial charge in [-0.05, 0) is 39.7 Å². The molecular weight excluding hydrogens is 316 g/mol. The molecule has 2 aromatic rings. The lowest BCUT2D eigenvalue weighted by Crippen LogP contribution is -2.41. The Morgan fingerprint density at radius 1 is 1.32 bits per heavy atom. The van der Waals surface area contributed by atoms with E-state index in [9.17, 15) is 9.90 Å². The largest absolute Gasteiger partial charge is 0.396 e. The first-order chi connectivity index (χ1) is 11.8. The molecule has 6 nitrogen and oxygen atoms in total. The molecule has 1 aromatic carbocycles. The van der Waals surface area contributed by atoms with E-state index in [1.54, 1.807) is 11.1 Å². The van der Waals surface area contributed by atoms with E-state index >= 15 is 0 Å². The molecule has 1 heterocycles. The van der Waals surface area contributed by atoms with E-state index in [0.717, 1.165) is 5.56 Å². The molecule has 1 aromatic heterocycles. The van der Waals surface area contributed by atoms with Crippen LogP contribution in [0.3, 0.4) is 0 Å². The molecule has 0 aliphatic heterocycles. The number of anilines is 1. The van der Waals surface area contributed by atoms with Gasteiger partial charge in [0.1, 0.15) is 0 Å². The molecule has 25 heavy (non-hydrogen) atoms. The van der Waals surface area contributed by atoms with E-state index in [0.29, 0.717) is 18.7 Å². The molecule has 2 amide bonds. The molecule has 6 heteroatoms. The average Bonchev–Trinajstić information content (AvgIpc) is 3.02. The molecule has 0 aliphatic rings. The highest BCUT2D eigenvalue weighted by Gasteiger charge is 2.21. The first-order valence-electron chi connectivity index (χ1n) is 8.59. The SMILES string of the molecule is CC(CCO)N(Cc1ccccc1)C(=O)Nc1cnn(C(C)(C)C)c1. The molecule has 0 spiro atoms. The summed E-state index contributed by atoms with van der Waals surface area (Å²) in [7, 11) is 0. The number of aliphatic hydroxyl groups excluding tert-OH is 1. The predicted molar refractivity (Wildman–Crippen MR) is 99.4 cm³/mol. The summed E-state index contributed by atoms with van der Waals surface area (Å²) >= 11 is 0. The summed E-state index contributed by atoms with van der Waals surface area (Å²) in [5.41, 5.74) is 1.57. The monoisotopic (exact) mass is 344 g/mol. The van der Waals surface area contributed by atoms with E-state index in [1.807, 2.05) is 48.1 Å². The fourth-order valence-electron chi connectivity index (χ4n) is 2.50. The maximum Gasteiger partial charge on any atom is 0.322 e. The van der Waals surface area contributed by atoms with E-state index < -0.39 is 0 Å². The molecule has 0 saturated heterocycles. The van der Waals surface area contributed by atoms with Crippen LogP contribution in [0.25, 0.3) is 0 Å². The number of carbonyl (C=O) groups excluding carboxylic acids is 1. The summed E-state index contributed by atoms with van der Waals surface area (Å²) in [4.78, 5) is 14.5. The first kappa shape index (κ1) is 19.0. The molecule has 0 radical (unpaired) electrons. The van der Waals surface area contributed by atoms with E-state index in [2.05, 4.69) is 31.2 Å². The van der Waals surface area contributed by atoms with Gasteiger partial charge in [-0.25, -0.2) is 4.79 Å². The predicted octanol–water partition coefficient (Wildman–Crippen LogP) is 3.44. The van der Waals surface area contributed by atoms with Gasteiger partial charge in [-0.1, -0.05) is 30.3 Å². The fraction of sp³-hybridized carbons (Fsp3) is 0.474. The minimum atomic E-state index is -0.196. The van der Waals surface area contributed by atoms with Crippen LogP contribution >= 0.6 is 0 Å². The summed E-state index contributed by atoms with van der Waals surface area (Å²) in [6.07, 6.45) is 4.01. The topological polar surface area (TPSA) is 70.4 Å². The lowest BCUT2D eigenvalue weighted by molar-refractivity contribution is 0.169. The fourth-order valence-corrected chi connectivity index (χ4v) is 2.50. The van der Waals surface area contributed by atoms with Crippen molar-refractivity contribution in [3.05, 3.63) is 48.3 Å². The molecule has 2 rings (SSSR count). The Morgan fingerprint density at radius 2 is 2.00 bits per heavy atom. The molecule has 0 aliphatic carbocycles. The zero-order valence-corrected chi connectivity index (χ0v) is 15.4. The van der Waals surface area contributed by atoms with E-state index in [4.69, 9.17) is 0 Å². The number of amides is 2. The van der Waals surface area contributed by atoms with Crippen LogP contribution in [0.15, 0.2) is 42.7 Å². The molecule has 136 valence electrons. The van der Waals surface area contributed by atoms with Gasteiger partial charge < -0.3 is 15.3 Å². The average molecular weight is 344 g/mol. The van der Waals surface area contributed by atoms with Gasteiger partial charge in [0.2, 0.25) is 0 Å². The Balaban J connectivity index is 2.13. The van der Waals surface area contributed by atoms with Crippen molar-refractivity contribution in [1.29, 1.82) is 0 Å². The van der Waals surface area contributed by atoms with Gasteiger partial charge in [-0.15, -0.1) is 0 Å². The summed E-state index contributed by atoms with van der Waals surface area (Å²) in [6, 6.07) is 9.56. The lowest BCUT2D eigenvalue weighted by atomic mass is 10.1. The quantitative estimate of drug-likeness (QED) is 0.843. The van der Waals surface area contributed by atoms with Crippen LogP contribution in [0.1, 0.15) is 39.7 Å². The van der Waals surface area contributed by atoms with Crippen molar-refractivity contribution in [3.63, 3.8) is 0 Å². The molecule has 0 bridgehead atoms. The van der Waals surface area contributed by atoms with Crippen molar-refractivity contribution in [2.24, 2.45) is 0 Å². The normalized spacial score (nSPS) is 12.7. The highest BCUT2D eigenvalue weighted by molar-refractivity contribution is 5.89. The van der Waals surface area contributed by atoms with Crippen LogP contribution in [0, 0.1) is 0 Å². The molecule has 0 saturated carbocycles. The van der Waals surface area contributed by atoms with E-state index in [-0.39, 0.29) is 24.2 Å². The van der Waals surface area contributed by atoms with Crippen molar-refractivity contribution < 1.29 is 9.90 Å². The molecule has 1 unspecified atom stereocenters. The van der Waals surface area contributed by atoms with Crippen LogP contribution < -0.4 is 5.32 Å². The second kappa shape index (κ2) is 8.16. The molecule has 1 atom stereocenters. The number of aromatic nitrogens is 2. The first-order valence-corrected chi connectivity index (χ1v) is 8.59. The van der Waals surface area contributed by atoms with Crippen molar-refractivity contribution in [2.75, 3.05) is 11.9 Å². The third-order valence-corrected chi connectivity index (χ3v) is 4.06. The lowest BCUT2D eigenvalue weighted by Gasteiger charge is -2.29. The number of hydrogen-bond donors (Lipinski definition) is 2. The van der Waals surface area contributed by atoms with Crippen molar-refractivity contribution >= 4 is 11.7 Å². The Morgan fingerprint density at radius 3 is 2.56 bits per heavy atom. The van der Waals surface area contributed by atoms with Crippen molar-refractivity contribution in [2.45, 2.75) is 52.2 Å². The van der Waals surface area contributed by atoms with Gasteiger partial charge in [-0.3, -0.25) is 4.68 Å². The highest BCUT2D eigenvalue weighted by Crippen LogP contribution is 2.18. The number of carbonyl (C=O) groups is 1. The zero-order chi connectivity index (χ0) is 18.4. The molecule has 2 N–H and O–H groups in total. The van der Waals surface area contributed by atoms with Crippen LogP contribution in [0.2, 0.25) is 0 Å². The molecular formula is C19H28N4O2. The second-order valence-electron chi connectivity index (χ2n) is 7.25. The third kappa shape index (κ3) is 5.32. The van der Waals surface area contributed by atoms with Crippen molar-refractivity contribution in [3.8, 4) is 0 Å². The van der Waals surface area contributed by atoms with Gasteiger partial charge in [-0.2, -0.15) is 5.10 Å². The molecule has 0 fully saturated rings. The smallest absolute Gasteiger partial charge is 0.322 e. The third-order valence-electron chi connectivity index (χ3n) is 4.06. The van der Waals surface area contributed by atoms with Gasteiger partial charge in [0.05, 0.1) is 17.4 Å². The van der Waals surface area contributed by atoms with Gasteiger partial charge in [0, 0.05) is 25.4 Å². The summed E-state index contributed by atoms with van der Waals surface area (Å²) in [5.74, 6) is 0. The minimum absolute atomic E-state index is 0.0433. The Bertz CT molecular complexity index is 676. The standard InChI is InChI=1S/C19H28N4O2/c1-15(10-11-24)22(13-16-8-6-5-7-9-16)18(25)21-17-12-20-23(14-17)19(2,3)4/h5-9,12,14-15,24H,10-11,13H2,1-4H3,(H,21,25). The minimum Gasteiger partial charge on any atom is -0.396 e. The summed E-state index contributed by atoms with van der Waals surface area (Å²) < 4.78 is 1.82. The highest BCUT2D eigenvalue weighted by atomic mass is 16.3. The van der Waals surface area contributed by atoms with Crippen LogP contribution in [0.5, 0.6) is 0 Å². The number of nitrogens with one attached hydrogen (secondary N) is 1. The maximum absolute atomic E-state index is 12.8. The number of rotatable bonds is 6. The van der Waals surface area contributed by atoms with Crippen LogP contribution in [-0.4, -0.2) is 38.5 Å². The number of nitrogens with zero attached hydrogens (tertiary/aromatic N) is 3. The van der Waals surface area contributed by atoms with Crippen molar-refractivity contribution in [1.82, 2.24) is 14.7 Å². The van der Waals surface area contributed by atoms with Gasteiger partial charge in [0.15, 0.2) is 0 Å². The van der Waals surface area contributed by atoms with Gasteiger partial charge in [0.25, 0.3) is 0 Å². The zero-order valence-electron chi connectivity index (χ0n) is 15.4. The number of aliphatic hydroxyl groups is 1. The summed E-state index contributed by atoms with van der Waals surface area (Å²) in [6.45, 7) is 8.63. The number of benzene rings is 1. The number of hydrogen-bond acceptors (Lipinski definition) is 3. The summed E-state index contributed by atoms with van der Waals surface area (Å²) in [5, 5.41) is 16.5. The maximum atomic E-state index is 12.8. The van der Waals surface area contributed by atoms with Gasteiger partial charge >= 0.3 is 6.03 Å².